The molecule has 3 heterocycles. The molecule has 3 rings (SSSR count). The summed E-state index contributed by atoms with van der Waals surface area (Å²) in [5.74, 6) is -0.553. The van der Waals surface area contributed by atoms with Crippen LogP contribution in [0.5, 0.6) is 0 Å². The molecule has 16 heavy (non-hydrogen) atoms. The van der Waals surface area contributed by atoms with Crippen molar-refractivity contribution in [3.8, 4) is 0 Å². The van der Waals surface area contributed by atoms with Crippen LogP contribution in [0.25, 0.3) is 0 Å². The zero-order valence-corrected chi connectivity index (χ0v) is 9.75. The number of rotatable bonds is 0. The van der Waals surface area contributed by atoms with Crippen LogP contribution in [0.1, 0.15) is 20.8 Å². The van der Waals surface area contributed by atoms with Crippen molar-refractivity contribution in [2.45, 2.75) is 57.3 Å². The molecule has 5 nitrogen and oxygen atoms in total. The van der Waals surface area contributed by atoms with Crippen molar-refractivity contribution in [3.05, 3.63) is 0 Å². The SMILES string of the molecule is C[C@@H]1[C@H]2O[C@@H]3OC(C)(C)O[C@@H]3[C@@H]2OC[C@@H]1O. The Labute approximate surface area is 94.6 Å². The van der Waals surface area contributed by atoms with Crippen LogP contribution in [-0.4, -0.2) is 48.2 Å². The number of aliphatic hydroxyl groups excluding tert-OH is 1. The zero-order valence-electron chi connectivity index (χ0n) is 9.75. The van der Waals surface area contributed by atoms with E-state index in [2.05, 4.69) is 0 Å². The predicted octanol–water partition coefficient (Wildman–Crippen LogP) is 0.259. The third-order valence-corrected chi connectivity index (χ3v) is 3.61. The molecule has 1 N–H and O–H groups in total. The summed E-state index contributed by atoms with van der Waals surface area (Å²) in [5, 5.41) is 9.70. The summed E-state index contributed by atoms with van der Waals surface area (Å²) in [6.07, 6.45) is -1.25. The Hall–Kier alpha value is -0.200. The molecule has 0 spiro atoms. The van der Waals surface area contributed by atoms with Crippen LogP contribution in [0.3, 0.4) is 0 Å². The summed E-state index contributed by atoms with van der Waals surface area (Å²) in [6, 6.07) is 0. The molecule has 92 valence electrons. The van der Waals surface area contributed by atoms with Crippen LogP contribution in [0.2, 0.25) is 0 Å². The lowest BCUT2D eigenvalue weighted by atomic mass is 9.91. The van der Waals surface area contributed by atoms with Crippen molar-refractivity contribution in [1.82, 2.24) is 0 Å². The number of ether oxygens (including phenoxy) is 4. The van der Waals surface area contributed by atoms with E-state index in [1.165, 1.54) is 0 Å². The summed E-state index contributed by atoms with van der Waals surface area (Å²) >= 11 is 0. The van der Waals surface area contributed by atoms with Crippen molar-refractivity contribution < 1.29 is 24.1 Å². The van der Waals surface area contributed by atoms with Gasteiger partial charge in [-0.2, -0.15) is 0 Å². The molecular formula is C11H18O5. The maximum atomic E-state index is 9.70. The van der Waals surface area contributed by atoms with Gasteiger partial charge in [-0.1, -0.05) is 6.92 Å². The minimum absolute atomic E-state index is 0.0552. The maximum Gasteiger partial charge on any atom is 0.190 e. The van der Waals surface area contributed by atoms with E-state index in [9.17, 15) is 5.11 Å². The van der Waals surface area contributed by atoms with Gasteiger partial charge in [0.25, 0.3) is 0 Å². The standard InChI is InChI=1S/C11H18O5/c1-5-6(12)4-13-8-7(5)14-10-9(8)15-11(2,3)16-10/h5-10,12H,4H2,1-3H3/t5-,6-,7+,8+,9+,10+/m0/s1. The number of hydrogen-bond acceptors (Lipinski definition) is 5. The molecule has 0 unspecified atom stereocenters. The van der Waals surface area contributed by atoms with Gasteiger partial charge in [0.15, 0.2) is 12.1 Å². The normalized spacial score (nSPS) is 54.8. The third-order valence-electron chi connectivity index (χ3n) is 3.61. The van der Waals surface area contributed by atoms with E-state index in [4.69, 9.17) is 18.9 Å². The topological polar surface area (TPSA) is 57.2 Å². The van der Waals surface area contributed by atoms with E-state index in [-0.39, 0.29) is 30.5 Å². The zero-order chi connectivity index (χ0) is 11.5. The van der Waals surface area contributed by atoms with Crippen LogP contribution >= 0.6 is 0 Å². The first kappa shape index (κ1) is 10.9. The molecule has 0 saturated carbocycles. The van der Waals surface area contributed by atoms with E-state index in [1.807, 2.05) is 20.8 Å². The first-order valence-corrected chi connectivity index (χ1v) is 5.79. The van der Waals surface area contributed by atoms with Crippen LogP contribution in [-0.2, 0) is 18.9 Å². The summed E-state index contributed by atoms with van der Waals surface area (Å²) in [6.45, 7) is 6.05. The molecule has 6 atom stereocenters. The lowest BCUT2D eigenvalue weighted by Crippen LogP contribution is -2.49. The molecule has 0 bridgehead atoms. The second kappa shape index (κ2) is 3.40. The van der Waals surface area contributed by atoms with Crippen molar-refractivity contribution in [3.63, 3.8) is 0 Å². The summed E-state index contributed by atoms with van der Waals surface area (Å²) in [5.41, 5.74) is 0. The summed E-state index contributed by atoms with van der Waals surface area (Å²) in [4.78, 5) is 0. The van der Waals surface area contributed by atoms with Gasteiger partial charge in [0.05, 0.1) is 18.8 Å². The first-order valence-electron chi connectivity index (χ1n) is 5.79. The van der Waals surface area contributed by atoms with Crippen molar-refractivity contribution in [2.75, 3.05) is 6.61 Å². The van der Waals surface area contributed by atoms with Gasteiger partial charge in [0, 0.05) is 5.92 Å². The second-order valence-corrected chi connectivity index (χ2v) is 5.29. The monoisotopic (exact) mass is 230 g/mol. The minimum Gasteiger partial charge on any atom is -0.390 e. The fourth-order valence-corrected chi connectivity index (χ4v) is 2.70. The Kier molecular flexibility index (Phi) is 2.32. The molecular weight excluding hydrogens is 212 g/mol. The summed E-state index contributed by atoms with van der Waals surface area (Å²) < 4.78 is 22.8. The molecule has 3 saturated heterocycles. The van der Waals surface area contributed by atoms with Crippen molar-refractivity contribution in [1.29, 1.82) is 0 Å². The first-order chi connectivity index (χ1) is 7.48. The highest BCUT2D eigenvalue weighted by atomic mass is 16.8. The lowest BCUT2D eigenvalue weighted by Gasteiger charge is -2.36. The summed E-state index contributed by atoms with van der Waals surface area (Å²) in [7, 11) is 0. The highest BCUT2D eigenvalue weighted by Gasteiger charge is 2.58. The quantitative estimate of drug-likeness (QED) is 0.647. The fraction of sp³-hybridized carbons (Fsp3) is 1.00. The number of aliphatic hydroxyl groups is 1. The molecule has 3 aliphatic rings. The Morgan fingerprint density at radius 1 is 1.12 bits per heavy atom. The van der Waals surface area contributed by atoms with Gasteiger partial charge in [-0.25, -0.2) is 0 Å². The van der Waals surface area contributed by atoms with Gasteiger partial charge in [-0.05, 0) is 13.8 Å². The van der Waals surface area contributed by atoms with E-state index < -0.39 is 11.9 Å². The van der Waals surface area contributed by atoms with Gasteiger partial charge >= 0.3 is 0 Å². The average molecular weight is 230 g/mol. The molecule has 0 aromatic heterocycles. The van der Waals surface area contributed by atoms with Gasteiger partial charge in [0.2, 0.25) is 0 Å². The maximum absolute atomic E-state index is 9.70. The van der Waals surface area contributed by atoms with Crippen LogP contribution < -0.4 is 0 Å². The van der Waals surface area contributed by atoms with Crippen LogP contribution in [0.15, 0.2) is 0 Å². The molecule has 0 aliphatic carbocycles. The average Bonchev–Trinajstić information content (AvgIpc) is 2.64. The van der Waals surface area contributed by atoms with Crippen molar-refractivity contribution >= 4 is 0 Å². The Balaban J connectivity index is 1.79. The third kappa shape index (κ3) is 1.50. The smallest absolute Gasteiger partial charge is 0.190 e. The molecule has 5 heteroatoms. The lowest BCUT2D eigenvalue weighted by molar-refractivity contribution is -0.242. The molecule has 3 aliphatic heterocycles. The Morgan fingerprint density at radius 3 is 2.62 bits per heavy atom. The van der Waals surface area contributed by atoms with Gasteiger partial charge < -0.3 is 24.1 Å². The highest BCUT2D eigenvalue weighted by Crippen LogP contribution is 2.42. The Morgan fingerprint density at radius 2 is 1.88 bits per heavy atom. The molecule has 0 aromatic carbocycles. The Bertz CT molecular complexity index is 292. The van der Waals surface area contributed by atoms with E-state index in [1.54, 1.807) is 0 Å². The van der Waals surface area contributed by atoms with Gasteiger partial charge in [0.1, 0.15) is 12.2 Å². The van der Waals surface area contributed by atoms with E-state index in [0.29, 0.717) is 6.61 Å². The second-order valence-electron chi connectivity index (χ2n) is 5.29. The minimum atomic E-state index is -0.608. The fourth-order valence-electron chi connectivity index (χ4n) is 2.70. The number of hydrogen-bond donors (Lipinski definition) is 1. The molecule has 0 amide bonds. The largest absolute Gasteiger partial charge is 0.390 e. The van der Waals surface area contributed by atoms with Gasteiger partial charge in [-0.15, -0.1) is 0 Å². The molecule has 0 radical (unpaired) electrons. The molecule has 0 aromatic rings. The van der Waals surface area contributed by atoms with Crippen molar-refractivity contribution in [2.24, 2.45) is 5.92 Å². The van der Waals surface area contributed by atoms with E-state index in [0.717, 1.165) is 0 Å². The predicted molar refractivity (Wildman–Crippen MR) is 53.6 cm³/mol. The molecule has 3 fully saturated rings. The van der Waals surface area contributed by atoms with Crippen LogP contribution in [0.4, 0.5) is 0 Å². The van der Waals surface area contributed by atoms with Crippen LogP contribution in [0, 0.1) is 5.92 Å². The number of fused-ring (bicyclic) bond motifs is 3. The highest BCUT2D eigenvalue weighted by molar-refractivity contribution is 4.99. The van der Waals surface area contributed by atoms with Gasteiger partial charge in [-0.3, -0.25) is 0 Å². The van der Waals surface area contributed by atoms with E-state index >= 15 is 0 Å².